The molecule has 2 aliphatic heterocycles. The predicted octanol–water partition coefficient (Wildman–Crippen LogP) is 4.06. The summed E-state index contributed by atoms with van der Waals surface area (Å²) in [6.07, 6.45) is 3.80. The second-order valence-corrected chi connectivity index (χ2v) is 10.4. The van der Waals surface area contributed by atoms with Gasteiger partial charge in [0.1, 0.15) is 0 Å². The summed E-state index contributed by atoms with van der Waals surface area (Å²) in [7, 11) is -3.49. The summed E-state index contributed by atoms with van der Waals surface area (Å²) in [6, 6.07) is 15.5. The Hall–Kier alpha value is -2.48. The number of amides is 1. The molecule has 4 rings (SSSR count). The first-order chi connectivity index (χ1) is 15.4. The fraction of sp³-hybridized carbons (Fsp3) is 0.400. The van der Waals surface area contributed by atoms with Gasteiger partial charge in [-0.2, -0.15) is 4.31 Å². The molecule has 1 fully saturated rings. The lowest BCUT2D eigenvalue weighted by molar-refractivity contribution is -0.120. The monoisotopic (exact) mass is 453 g/mol. The van der Waals surface area contributed by atoms with E-state index in [1.165, 1.54) is 20.8 Å². The Morgan fingerprint density at radius 3 is 2.50 bits per heavy atom. The first kappa shape index (κ1) is 22.7. The topological polar surface area (TPSA) is 69.7 Å². The van der Waals surface area contributed by atoms with Crippen LogP contribution < -0.4 is 5.32 Å². The average molecular weight is 454 g/mol. The molecule has 1 N–H and O–H groups in total. The Morgan fingerprint density at radius 1 is 1.06 bits per heavy atom. The molecule has 0 spiro atoms. The molecule has 0 aliphatic carbocycles. The number of benzene rings is 2. The van der Waals surface area contributed by atoms with Crippen molar-refractivity contribution < 1.29 is 13.2 Å². The van der Waals surface area contributed by atoms with Crippen LogP contribution in [-0.4, -0.2) is 43.2 Å². The summed E-state index contributed by atoms with van der Waals surface area (Å²) in [5, 5.41) is 4.31. The van der Waals surface area contributed by atoms with Crippen molar-refractivity contribution >= 4 is 27.7 Å². The van der Waals surface area contributed by atoms with E-state index in [4.69, 9.17) is 0 Å². The highest BCUT2D eigenvalue weighted by Gasteiger charge is 2.30. The van der Waals surface area contributed by atoms with Gasteiger partial charge in [-0.15, -0.1) is 0 Å². The van der Waals surface area contributed by atoms with E-state index in [1.54, 1.807) is 6.08 Å². The van der Waals surface area contributed by atoms with Crippen LogP contribution in [-0.2, 0) is 27.9 Å². The molecule has 0 saturated carbocycles. The second-order valence-electron chi connectivity index (χ2n) is 8.62. The van der Waals surface area contributed by atoms with Gasteiger partial charge in [-0.25, -0.2) is 8.42 Å². The van der Waals surface area contributed by atoms with E-state index in [0.29, 0.717) is 25.9 Å². The second kappa shape index (κ2) is 9.98. The molecule has 0 unspecified atom stereocenters. The average Bonchev–Trinajstić information content (AvgIpc) is 3.20. The molecule has 170 valence electrons. The minimum atomic E-state index is -3.49. The Labute approximate surface area is 191 Å². The molecule has 1 saturated heterocycles. The number of anilines is 1. The molecule has 2 aromatic rings. The minimum Gasteiger partial charge on any atom is -0.326 e. The number of piperidine rings is 1. The third-order valence-corrected chi connectivity index (χ3v) is 7.78. The maximum atomic E-state index is 12.8. The van der Waals surface area contributed by atoms with Crippen molar-refractivity contribution in [3.63, 3.8) is 0 Å². The van der Waals surface area contributed by atoms with Gasteiger partial charge in [0.15, 0.2) is 0 Å². The first-order valence-electron chi connectivity index (χ1n) is 11.3. The summed E-state index contributed by atoms with van der Waals surface area (Å²) >= 11 is 0. The molecule has 0 atom stereocenters. The third-order valence-electron chi connectivity index (χ3n) is 6.22. The maximum Gasteiger partial charge on any atom is 0.236 e. The number of fused-ring (bicyclic) bond motifs is 1. The van der Waals surface area contributed by atoms with Crippen LogP contribution in [0.25, 0.3) is 6.08 Å². The third kappa shape index (κ3) is 5.46. The van der Waals surface area contributed by atoms with Gasteiger partial charge in [0.25, 0.3) is 0 Å². The van der Waals surface area contributed by atoms with Crippen LogP contribution in [0.15, 0.2) is 53.9 Å². The van der Waals surface area contributed by atoms with E-state index >= 15 is 0 Å². The molecule has 2 aliphatic rings. The van der Waals surface area contributed by atoms with Crippen LogP contribution in [0, 0.1) is 5.92 Å². The van der Waals surface area contributed by atoms with Crippen LogP contribution in [0.5, 0.6) is 0 Å². The quantitative estimate of drug-likeness (QED) is 0.686. The van der Waals surface area contributed by atoms with Gasteiger partial charge in [-0.1, -0.05) is 43.3 Å². The Balaban J connectivity index is 1.30. The summed E-state index contributed by atoms with van der Waals surface area (Å²) < 4.78 is 26.8. The lowest BCUT2D eigenvalue weighted by atomic mass is 9.97. The highest BCUT2D eigenvalue weighted by atomic mass is 32.2. The van der Waals surface area contributed by atoms with Crippen LogP contribution >= 0.6 is 0 Å². The molecule has 2 aromatic carbocycles. The molecule has 1 amide bonds. The van der Waals surface area contributed by atoms with Gasteiger partial charge < -0.3 is 5.32 Å². The van der Waals surface area contributed by atoms with Gasteiger partial charge in [0.2, 0.25) is 15.9 Å². The van der Waals surface area contributed by atoms with Crippen molar-refractivity contribution in [3.05, 3.63) is 70.6 Å². The fourth-order valence-corrected chi connectivity index (χ4v) is 5.67. The zero-order valence-corrected chi connectivity index (χ0v) is 19.4. The number of carbonyl (C=O) groups excluding carboxylic acids is 1. The van der Waals surface area contributed by atoms with Crippen molar-refractivity contribution in [2.75, 3.05) is 25.0 Å². The van der Waals surface area contributed by atoms with E-state index in [9.17, 15) is 13.2 Å². The number of hydrogen-bond acceptors (Lipinski definition) is 4. The minimum absolute atomic E-state index is 0.0229. The van der Waals surface area contributed by atoms with E-state index < -0.39 is 10.0 Å². The highest BCUT2D eigenvalue weighted by Crippen LogP contribution is 2.27. The van der Waals surface area contributed by atoms with E-state index in [0.717, 1.165) is 37.3 Å². The number of nitrogens with zero attached hydrogens (tertiary/aromatic N) is 2. The lowest BCUT2D eigenvalue weighted by Gasteiger charge is -2.29. The predicted molar refractivity (Wildman–Crippen MR) is 128 cm³/mol. The van der Waals surface area contributed by atoms with Crippen LogP contribution in [0.1, 0.15) is 42.9 Å². The SMILES string of the molecule is CCCN1Cc2ccc(NC(=O)C3CCN(S(=O)(=O)/C=C/c4ccccc4)CC3)cc2C1. The zero-order chi connectivity index (χ0) is 22.6. The molecule has 0 radical (unpaired) electrons. The van der Waals surface area contributed by atoms with E-state index in [1.807, 2.05) is 36.4 Å². The van der Waals surface area contributed by atoms with Gasteiger partial charge >= 0.3 is 0 Å². The molecule has 0 bridgehead atoms. The van der Waals surface area contributed by atoms with Crippen molar-refractivity contribution in [1.82, 2.24) is 9.21 Å². The number of carbonyl (C=O) groups is 1. The molecule has 0 aromatic heterocycles. The Morgan fingerprint density at radius 2 is 1.78 bits per heavy atom. The van der Waals surface area contributed by atoms with Crippen LogP contribution in [0.4, 0.5) is 5.69 Å². The number of nitrogens with one attached hydrogen (secondary N) is 1. The molecule has 7 heteroatoms. The summed E-state index contributed by atoms with van der Waals surface area (Å²) in [5.41, 5.74) is 4.28. The summed E-state index contributed by atoms with van der Waals surface area (Å²) in [5.74, 6) is -0.199. The lowest BCUT2D eigenvalue weighted by Crippen LogP contribution is -2.40. The van der Waals surface area contributed by atoms with Gasteiger partial charge in [-0.05, 0) is 60.7 Å². The van der Waals surface area contributed by atoms with Crippen molar-refractivity contribution in [2.24, 2.45) is 5.92 Å². The zero-order valence-electron chi connectivity index (χ0n) is 18.5. The Kier molecular flexibility index (Phi) is 7.08. The largest absolute Gasteiger partial charge is 0.326 e. The first-order valence-corrected chi connectivity index (χ1v) is 12.8. The molecule has 32 heavy (non-hydrogen) atoms. The molecule has 6 nitrogen and oxygen atoms in total. The van der Waals surface area contributed by atoms with Crippen molar-refractivity contribution in [1.29, 1.82) is 0 Å². The van der Waals surface area contributed by atoms with Gasteiger partial charge in [0, 0.05) is 43.2 Å². The molecule has 2 heterocycles. The van der Waals surface area contributed by atoms with E-state index in [2.05, 4.69) is 29.3 Å². The van der Waals surface area contributed by atoms with Gasteiger partial charge in [0.05, 0.1) is 0 Å². The van der Waals surface area contributed by atoms with Crippen molar-refractivity contribution in [3.8, 4) is 0 Å². The normalized spacial score (nSPS) is 18.2. The maximum absolute atomic E-state index is 12.8. The molecular weight excluding hydrogens is 422 g/mol. The summed E-state index contributed by atoms with van der Waals surface area (Å²) in [4.78, 5) is 15.2. The number of rotatable bonds is 7. The van der Waals surface area contributed by atoms with E-state index in [-0.39, 0.29) is 11.8 Å². The number of sulfonamides is 1. The standard InChI is InChI=1S/C25H31N3O3S/c1-2-13-27-18-22-8-9-24(17-23(22)19-27)26-25(29)21-10-14-28(15-11-21)32(30,31)16-12-20-6-4-3-5-7-20/h3-9,12,16-17,21H,2,10-11,13-15,18-19H2,1H3,(H,26,29)/b16-12+. The highest BCUT2D eigenvalue weighted by molar-refractivity contribution is 7.92. The van der Waals surface area contributed by atoms with Crippen LogP contribution in [0.2, 0.25) is 0 Å². The van der Waals surface area contributed by atoms with Gasteiger partial charge in [-0.3, -0.25) is 9.69 Å². The molecular formula is C25H31N3O3S. The number of hydrogen-bond donors (Lipinski definition) is 1. The Bertz CT molecular complexity index is 1070. The van der Waals surface area contributed by atoms with Crippen LogP contribution in [0.3, 0.4) is 0 Å². The fourth-order valence-electron chi connectivity index (χ4n) is 4.45. The van der Waals surface area contributed by atoms with Crippen molar-refractivity contribution in [2.45, 2.75) is 39.3 Å². The smallest absolute Gasteiger partial charge is 0.236 e. The summed E-state index contributed by atoms with van der Waals surface area (Å²) in [6.45, 7) is 5.89.